The summed E-state index contributed by atoms with van der Waals surface area (Å²) < 4.78 is 0. The second kappa shape index (κ2) is 11.5. The van der Waals surface area contributed by atoms with Crippen LogP contribution in [0, 0.1) is 0 Å². The van der Waals surface area contributed by atoms with Gasteiger partial charge in [0.25, 0.3) is 0 Å². The Morgan fingerprint density at radius 3 is 2.16 bits per heavy atom. The van der Waals surface area contributed by atoms with E-state index in [0.29, 0.717) is 12.1 Å². The Morgan fingerprint density at radius 1 is 0.968 bits per heavy atom. The zero-order valence-electron chi connectivity index (χ0n) is 19.1. The summed E-state index contributed by atoms with van der Waals surface area (Å²) in [5.41, 5.74) is 13.2. The molecule has 0 radical (unpaired) electrons. The topological polar surface area (TPSA) is 44.5 Å². The monoisotopic (exact) mass is 414 g/mol. The molecule has 0 bridgehead atoms. The fourth-order valence-corrected chi connectivity index (χ4v) is 3.01. The molecule has 4 nitrogen and oxygen atoms in total. The molecule has 3 N–H and O–H groups in total. The van der Waals surface area contributed by atoms with Gasteiger partial charge in [0.2, 0.25) is 0 Å². The highest BCUT2D eigenvalue weighted by Crippen LogP contribution is 2.21. The number of allylic oxidation sites excluding steroid dienone is 4. The minimum absolute atomic E-state index is 0.634. The zero-order valence-corrected chi connectivity index (χ0v) is 19.1. The van der Waals surface area contributed by atoms with Crippen molar-refractivity contribution in [3.05, 3.63) is 115 Å². The molecule has 0 aliphatic rings. The Labute approximate surface area is 187 Å². The first kappa shape index (κ1) is 23.6. The van der Waals surface area contributed by atoms with Gasteiger partial charge in [-0.15, -0.1) is 0 Å². The minimum atomic E-state index is 0.634. The van der Waals surface area contributed by atoms with Crippen molar-refractivity contribution in [3.8, 4) is 0 Å². The van der Waals surface area contributed by atoms with Gasteiger partial charge in [0.1, 0.15) is 0 Å². The first-order chi connectivity index (χ1) is 14.8. The third-order valence-electron chi connectivity index (χ3n) is 4.86. The van der Waals surface area contributed by atoms with Crippen molar-refractivity contribution in [1.82, 2.24) is 10.2 Å². The number of hydrogen-bond acceptors (Lipinski definition) is 4. The van der Waals surface area contributed by atoms with Crippen LogP contribution >= 0.6 is 0 Å². The molecule has 31 heavy (non-hydrogen) atoms. The summed E-state index contributed by atoms with van der Waals surface area (Å²) in [6.45, 7) is 8.01. The number of anilines is 1. The van der Waals surface area contributed by atoms with Crippen LogP contribution in [0.5, 0.6) is 0 Å². The van der Waals surface area contributed by atoms with Gasteiger partial charge < -0.3 is 20.9 Å². The van der Waals surface area contributed by atoms with E-state index < -0.39 is 0 Å². The van der Waals surface area contributed by atoms with Crippen LogP contribution in [0.15, 0.2) is 103 Å². The van der Waals surface area contributed by atoms with Crippen molar-refractivity contribution in [2.45, 2.75) is 6.42 Å². The second-order valence-electron chi connectivity index (χ2n) is 7.63. The second-order valence-corrected chi connectivity index (χ2v) is 7.63. The molecule has 0 aliphatic carbocycles. The molecule has 0 unspecified atom stereocenters. The fraction of sp³-hybridized carbons (Fsp3) is 0.185. The van der Waals surface area contributed by atoms with E-state index in [9.17, 15) is 0 Å². The number of nitrogens with one attached hydrogen (secondary N) is 1. The summed E-state index contributed by atoms with van der Waals surface area (Å²) in [5.74, 6) is 0. The predicted molar refractivity (Wildman–Crippen MR) is 136 cm³/mol. The van der Waals surface area contributed by atoms with Gasteiger partial charge in [-0.25, -0.2) is 0 Å². The maximum atomic E-state index is 6.61. The Hall–Kier alpha value is -3.66. The molecule has 2 aromatic carbocycles. The third kappa shape index (κ3) is 6.96. The molecule has 0 atom stereocenters. The smallest absolute Gasteiger partial charge is 0.0587 e. The minimum Gasteiger partial charge on any atom is -0.397 e. The molecule has 2 rings (SSSR count). The van der Waals surface area contributed by atoms with Gasteiger partial charge in [0.15, 0.2) is 0 Å². The normalized spacial score (nSPS) is 12.3. The van der Waals surface area contributed by atoms with E-state index in [2.05, 4.69) is 47.7 Å². The molecule has 0 saturated heterocycles. The van der Waals surface area contributed by atoms with E-state index in [1.165, 1.54) is 0 Å². The van der Waals surface area contributed by atoms with Gasteiger partial charge in [0, 0.05) is 57.4 Å². The standard InChI is InChI=1S/C27H34N4/c1-7-12-24(30(3)4)15-11-16-26(29-21(2)22-13-9-8-10-14-22)27(28)23-17-19-25(20-18-23)31(5)6/h7-15,17-20,29H,1-2,16,28H2,3-6H3/b15-11-,24-12+,27-26-. The van der Waals surface area contributed by atoms with Crippen LogP contribution in [0.25, 0.3) is 11.4 Å². The van der Waals surface area contributed by atoms with Crippen molar-refractivity contribution in [1.29, 1.82) is 0 Å². The summed E-state index contributed by atoms with van der Waals surface area (Å²) in [6, 6.07) is 18.3. The van der Waals surface area contributed by atoms with Crippen molar-refractivity contribution < 1.29 is 0 Å². The Balaban J connectivity index is 2.36. The molecule has 0 fully saturated rings. The highest BCUT2D eigenvalue weighted by Gasteiger charge is 2.08. The quantitative estimate of drug-likeness (QED) is 0.523. The van der Waals surface area contributed by atoms with Crippen molar-refractivity contribution >= 4 is 17.1 Å². The molecule has 162 valence electrons. The molecule has 0 spiro atoms. The first-order valence-electron chi connectivity index (χ1n) is 10.3. The van der Waals surface area contributed by atoms with Crippen molar-refractivity contribution in [3.63, 3.8) is 0 Å². The van der Waals surface area contributed by atoms with Gasteiger partial charge in [-0.2, -0.15) is 0 Å². The van der Waals surface area contributed by atoms with Crippen LogP contribution in [0.4, 0.5) is 5.69 Å². The summed E-state index contributed by atoms with van der Waals surface area (Å²) in [6.07, 6.45) is 8.55. The largest absolute Gasteiger partial charge is 0.397 e. The van der Waals surface area contributed by atoms with Gasteiger partial charge in [-0.05, 0) is 35.4 Å². The van der Waals surface area contributed by atoms with Crippen LogP contribution in [0.3, 0.4) is 0 Å². The van der Waals surface area contributed by atoms with Gasteiger partial charge in [0.05, 0.1) is 5.70 Å². The lowest BCUT2D eigenvalue weighted by atomic mass is 10.1. The number of hydrogen-bond donors (Lipinski definition) is 2. The van der Waals surface area contributed by atoms with E-state index in [0.717, 1.165) is 33.9 Å². The molecule has 0 aromatic heterocycles. The van der Waals surface area contributed by atoms with E-state index in [4.69, 9.17) is 5.73 Å². The molecule has 0 heterocycles. The van der Waals surface area contributed by atoms with Crippen molar-refractivity contribution in [2.24, 2.45) is 5.73 Å². The Morgan fingerprint density at radius 2 is 1.61 bits per heavy atom. The lowest BCUT2D eigenvalue weighted by Gasteiger charge is -2.18. The molecule has 0 saturated carbocycles. The number of benzene rings is 2. The summed E-state index contributed by atoms with van der Waals surface area (Å²) in [5, 5.41) is 3.45. The van der Waals surface area contributed by atoms with Crippen LogP contribution < -0.4 is 16.0 Å². The van der Waals surface area contributed by atoms with Crippen LogP contribution in [-0.4, -0.2) is 33.1 Å². The molecule has 0 amide bonds. The van der Waals surface area contributed by atoms with Gasteiger partial charge >= 0.3 is 0 Å². The molecule has 4 heteroatoms. The molecule has 2 aromatic rings. The van der Waals surface area contributed by atoms with Crippen LogP contribution in [-0.2, 0) is 0 Å². The Bertz CT molecular complexity index is 962. The number of rotatable bonds is 10. The number of nitrogens with two attached hydrogens (primary N) is 1. The lowest BCUT2D eigenvalue weighted by Crippen LogP contribution is -2.16. The molecule has 0 aliphatic heterocycles. The number of nitrogens with zero attached hydrogens (tertiary/aromatic N) is 2. The fourth-order valence-electron chi connectivity index (χ4n) is 3.01. The van der Waals surface area contributed by atoms with Crippen LogP contribution in [0.2, 0.25) is 0 Å². The molecular formula is C27H34N4. The van der Waals surface area contributed by atoms with Crippen LogP contribution in [0.1, 0.15) is 17.5 Å². The highest BCUT2D eigenvalue weighted by atomic mass is 15.1. The van der Waals surface area contributed by atoms with Gasteiger partial charge in [-0.3, -0.25) is 0 Å². The van der Waals surface area contributed by atoms with E-state index in [1.54, 1.807) is 6.08 Å². The maximum Gasteiger partial charge on any atom is 0.0587 e. The van der Waals surface area contributed by atoms with E-state index >= 15 is 0 Å². The highest BCUT2D eigenvalue weighted by molar-refractivity contribution is 5.72. The third-order valence-corrected chi connectivity index (χ3v) is 4.86. The molecular weight excluding hydrogens is 380 g/mol. The first-order valence-corrected chi connectivity index (χ1v) is 10.3. The maximum absolute atomic E-state index is 6.61. The average molecular weight is 415 g/mol. The lowest BCUT2D eigenvalue weighted by molar-refractivity contribution is 0.530. The SMILES string of the molecule is C=C/C=C(\C=C/C/C(NC(=C)c1ccccc1)=C(/N)c1ccc(N(C)C)cc1)N(C)C. The zero-order chi connectivity index (χ0) is 22.8. The summed E-state index contributed by atoms with van der Waals surface area (Å²) in [7, 11) is 8.06. The summed E-state index contributed by atoms with van der Waals surface area (Å²) >= 11 is 0. The van der Waals surface area contributed by atoms with Gasteiger partial charge in [-0.1, -0.05) is 67.8 Å². The summed E-state index contributed by atoms with van der Waals surface area (Å²) in [4.78, 5) is 4.11. The number of likely N-dealkylation sites (N-methyl/N-ethyl adjacent to an activating group) is 1. The van der Waals surface area contributed by atoms with E-state index in [-0.39, 0.29) is 0 Å². The van der Waals surface area contributed by atoms with E-state index in [1.807, 2.05) is 81.6 Å². The predicted octanol–water partition coefficient (Wildman–Crippen LogP) is 5.22. The van der Waals surface area contributed by atoms with Crippen molar-refractivity contribution in [2.75, 3.05) is 33.1 Å². The average Bonchev–Trinajstić information content (AvgIpc) is 2.77. The Kier molecular flexibility index (Phi) is 8.77.